The van der Waals surface area contributed by atoms with Gasteiger partial charge in [-0.05, 0) is 48.9 Å². The van der Waals surface area contributed by atoms with Gasteiger partial charge in [-0.25, -0.2) is 14.2 Å². The van der Waals surface area contributed by atoms with E-state index in [1.807, 2.05) is 0 Å². The summed E-state index contributed by atoms with van der Waals surface area (Å²) in [6, 6.07) is 10.8. The second-order valence-electron chi connectivity index (χ2n) is 5.37. The quantitative estimate of drug-likeness (QED) is 0.624. The van der Waals surface area contributed by atoms with Crippen LogP contribution in [0.25, 0.3) is 0 Å². The highest BCUT2D eigenvalue weighted by Crippen LogP contribution is 2.03. The first-order valence-corrected chi connectivity index (χ1v) is 7.54. The molecule has 0 aromatic heterocycles. The van der Waals surface area contributed by atoms with Gasteiger partial charge in [0, 0.05) is 17.8 Å². The molecule has 0 spiro atoms. The summed E-state index contributed by atoms with van der Waals surface area (Å²) in [6.45, 7) is 1.87. The first kappa shape index (κ1) is 18.3. The first-order chi connectivity index (χ1) is 11.9. The summed E-state index contributed by atoms with van der Waals surface area (Å²) >= 11 is 0. The SMILES string of the molecule is C/C(CC(=O)NCc1ccc(F)cc1)=N\NC(=O)c1ccc(F)cc1. The molecule has 0 saturated carbocycles. The fraction of sp³-hybridized carbons (Fsp3) is 0.167. The Kier molecular flexibility index (Phi) is 6.33. The summed E-state index contributed by atoms with van der Waals surface area (Å²) in [4.78, 5) is 23.6. The topological polar surface area (TPSA) is 70.6 Å². The number of nitrogens with zero attached hydrogens (tertiary/aromatic N) is 1. The lowest BCUT2D eigenvalue weighted by molar-refractivity contribution is -0.120. The van der Waals surface area contributed by atoms with Gasteiger partial charge in [0.2, 0.25) is 5.91 Å². The van der Waals surface area contributed by atoms with Crippen LogP contribution in [0.1, 0.15) is 29.3 Å². The van der Waals surface area contributed by atoms with Crippen LogP contribution in [-0.4, -0.2) is 17.5 Å². The fourth-order valence-corrected chi connectivity index (χ4v) is 1.95. The van der Waals surface area contributed by atoms with E-state index in [-0.39, 0.29) is 30.3 Å². The van der Waals surface area contributed by atoms with Gasteiger partial charge in [0.05, 0.1) is 6.42 Å². The predicted octanol–water partition coefficient (Wildman–Crippen LogP) is 2.78. The Labute approximate surface area is 143 Å². The molecule has 130 valence electrons. The largest absolute Gasteiger partial charge is 0.352 e. The van der Waals surface area contributed by atoms with Gasteiger partial charge in [0.15, 0.2) is 0 Å². The Hall–Kier alpha value is -3.09. The highest BCUT2D eigenvalue weighted by atomic mass is 19.1. The predicted molar refractivity (Wildman–Crippen MR) is 89.8 cm³/mol. The Morgan fingerprint density at radius 2 is 1.52 bits per heavy atom. The molecule has 0 atom stereocenters. The Balaban J connectivity index is 1.79. The average Bonchev–Trinajstić information content (AvgIpc) is 2.60. The molecule has 0 aliphatic heterocycles. The molecule has 0 saturated heterocycles. The van der Waals surface area contributed by atoms with Gasteiger partial charge in [0.1, 0.15) is 11.6 Å². The van der Waals surface area contributed by atoms with Crippen LogP contribution >= 0.6 is 0 Å². The second kappa shape index (κ2) is 8.68. The van der Waals surface area contributed by atoms with Gasteiger partial charge < -0.3 is 5.32 Å². The first-order valence-electron chi connectivity index (χ1n) is 7.54. The molecule has 0 bridgehead atoms. The zero-order chi connectivity index (χ0) is 18.2. The van der Waals surface area contributed by atoms with Crippen LogP contribution in [0.3, 0.4) is 0 Å². The van der Waals surface area contributed by atoms with Crippen molar-refractivity contribution in [1.82, 2.24) is 10.7 Å². The number of amides is 2. The van der Waals surface area contributed by atoms with Gasteiger partial charge in [-0.15, -0.1) is 0 Å². The minimum atomic E-state index is -0.494. The van der Waals surface area contributed by atoms with Crippen molar-refractivity contribution >= 4 is 17.5 Å². The van der Waals surface area contributed by atoms with Crippen LogP contribution in [0.4, 0.5) is 8.78 Å². The highest BCUT2D eigenvalue weighted by Gasteiger charge is 2.07. The maximum absolute atomic E-state index is 12.8. The number of hydrazone groups is 1. The monoisotopic (exact) mass is 345 g/mol. The summed E-state index contributed by atoms with van der Waals surface area (Å²) in [5.74, 6) is -1.54. The van der Waals surface area contributed by atoms with Crippen molar-refractivity contribution in [1.29, 1.82) is 0 Å². The minimum absolute atomic E-state index is 0.00485. The number of benzene rings is 2. The third kappa shape index (κ3) is 6.14. The van der Waals surface area contributed by atoms with Crippen molar-refractivity contribution in [3.05, 3.63) is 71.3 Å². The van der Waals surface area contributed by atoms with E-state index in [1.165, 1.54) is 36.4 Å². The third-order valence-corrected chi connectivity index (χ3v) is 3.27. The van der Waals surface area contributed by atoms with Crippen LogP contribution in [0.5, 0.6) is 0 Å². The van der Waals surface area contributed by atoms with E-state index >= 15 is 0 Å². The average molecular weight is 345 g/mol. The van der Waals surface area contributed by atoms with Crippen molar-refractivity contribution in [2.24, 2.45) is 5.10 Å². The molecule has 0 aliphatic carbocycles. The summed E-state index contributed by atoms with van der Waals surface area (Å²) in [5, 5.41) is 6.52. The minimum Gasteiger partial charge on any atom is -0.352 e. The summed E-state index contributed by atoms with van der Waals surface area (Å²) in [6.07, 6.45) is 0.00485. The van der Waals surface area contributed by atoms with E-state index in [2.05, 4.69) is 15.8 Å². The zero-order valence-electron chi connectivity index (χ0n) is 13.6. The highest BCUT2D eigenvalue weighted by molar-refractivity contribution is 6.01. The maximum Gasteiger partial charge on any atom is 0.271 e. The lowest BCUT2D eigenvalue weighted by Crippen LogP contribution is -2.26. The molecule has 5 nitrogen and oxygen atoms in total. The van der Waals surface area contributed by atoms with E-state index in [4.69, 9.17) is 0 Å². The van der Waals surface area contributed by atoms with Gasteiger partial charge in [-0.3, -0.25) is 9.59 Å². The Bertz CT molecular complexity index is 772. The van der Waals surface area contributed by atoms with Crippen molar-refractivity contribution in [2.75, 3.05) is 0 Å². The van der Waals surface area contributed by atoms with Gasteiger partial charge in [-0.2, -0.15) is 5.10 Å². The van der Waals surface area contributed by atoms with Crippen LogP contribution in [0.2, 0.25) is 0 Å². The van der Waals surface area contributed by atoms with Crippen LogP contribution < -0.4 is 10.7 Å². The van der Waals surface area contributed by atoms with Crippen molar-refractivity contribution in [3.63, 3.8) is 0 Å². The number of carbonyl (C=O) groups excluding carboxylic acids is 2. The number of hydrogen-bond acceptors (Lipinski definition) is 3. The van der Waals surface area contributed by atoms with Crippen LogP contribution in [0.15, 0.2) is 53.6 Å². The molecular formula is C18H17F2N3O2. The molecule has 0 heterocycles. The number of carbonyl (C=O) groups is 2. The second-order valence-corrected chi connectivity index (χ2v) is 5.37. The summed E-state index contributed by atoms with van der Waals surface area (Å²) in [5.41, 5.74) is 3.75. The van der Waals surface area contributed by atoms with Gasteiger partial charge in [-0.1, -0.05) is 12.1 Å². The standard InChI is InChI=1S/C18H17F2N3O2/c1-12(22-23-18(25)14-4-8-16(20)9-5-14)10-17(24)21-11-13-2-6-15(19)7-3-13/h2-9H,10-11H2,1H3,(H,21,24)(H,23,25)/b22-12+. The molecule has 2 rings (SSSR count). The Morgan fingerprint density at radius 3 is 2.12 bits per heavy atom. The molecule has 2 amide bonds. The van der Waals surface area contributed by atoms with E-state index in [9.17, 15) is 18.4 Å². The molecule has 0 unspecified atom stereocenters. The molecule has 0 fully saturated rings. The Morgan fingerprint density at radius 1 is 0.960 bits per heavy atom. The van der Waals surface area contributed by atoms with Crippen molar-refractivity contribution < 1.29 is 18.4 Å². The summed E-state index contributed by atoms with van der Waals surface area (Å²) in [7, 11) is 0. The lowest BCUT2D eigenvalue weighted by atomic mass is 10.2. The normalized spacial score (nSPS) is 11.1. The van der Waals surface area contributed by atoms with E-state index < -0.39 is 11.7 Å². The van der Waals surface area contributed by atoms with E-state index in [0.717, 1.165) is 5.56 Å². The molecule has 2 aromatic rings. The van der Waals surface area contributed by atoms with Crippen LogP contribution in [0, 0.1) is 11.6 Å². The summed E-state index contributed by atoms with van der Waals surface area (Å²) < 4.78 is 25.6. The molecule has 0 radical (unpaired) electrons. The zero-order valence-corrected chi connectivity index (χ0v) is 13.6. The molecule has 2 aromatic carbocycles. The van der Waals surface area contributed by atoms with Crippen molar-refractivity contribution in [2.45, 2.75) is 19.9 Å². The number of hydrogen-bond donors (Lipinski definition) is 2. The number of rotatable bonds is 6. The lowest BCUT2D eigenvalue weighted by Gasteiger charge is -2.06. The van der Waals surface area contributed by atoms with Gasteiger partial charge >= 0.3 is 0 Å². The number of nitrogens with one attached hydrogen (secondary N) is 2. The van der Waals surface area contributed by atoms with E-state index in [0.29, 0.717) is 5.71 Å². The smallest absolute Gasteiger partial charge is 0.271 e. The molecule has 25 heavy (non-hydrogen) atoms. The molecule has 0 aliphatic rings. The van der Waals surface area contributed by atoms with Gasteiger partial charge in [0.25, 0.3) is 5.91 Å². The van der Waals surface area contributed by atoms with Crippen molar-refractivity contribution in [3.8, 4) is 0 Å². The molecule has 2 N–H and O–H groups in total. The molecule has 7 heteroatoms. The van der Waals surface area contributed by atoms with Crippen LogP contribution in [-0.2, 0) is 11.3 Å². The fourth-order valence-electron chi connectivity index (χ4n) is 1.95. The molecular weight excluding hydrogens is 328 g/mol. The third-order valence-electron chi connectivity index (χ3n) is 3.27. The maximum atomic E-state index is 12.8. The number of halogens is 2. The van der Waals surface area contributed by atoms with E-state index in [1.54, 1.807) is 19.1 Å².